The monoisotopic (exact) mass is 208 g/mol. The highest BCUT2D eigenvalue weighted by Gasteiger charge is 2.10. The lowest BCUT2D eigenvalue weighted by Crippen LogP contribution is -1.98. The summed E-state index contributed by atoms with van der Waals surface area (Å²) < 4.78 is 0. The Balaban J connectivity index is 3.25. The van der Waals surface area contributed by atoms with Crippen LogP contribution in [0, 0.1) is 10.1 Å². The van der Waals surface area contributed by atoms with Gasteiger partial charge in [-0.2, -0.15) is 0 Å². The van der Waals surface area contributed by atoms with E-state index < -0.39 is 22.3 Å². The minimum Gasteiger partial charge on any atom is -0.872 e. The third kappa shape index (κ3) is 2.53. The minimum atomic E-state index is -1.27. The zero-order valence-electron chi connectivity index (χ0n) is 7.41. The summed E-state index contributed by atoms with van der Waals surface area (Å²) in [6.45, 7) is 0. The van der Waals surface area contributed by atoms with Crippen LogP contribution in [0.5, 0.6) is 5.75 Å². The summed E-state index contributed by atoms with van der Waals surface area (Å²) in [6.07, 6.45) is 1.60. The predicted octanol–water partition coefficient (Wildman–Crippen LogP) is 0.766. The number of benzene rings is 1. The van der Waals surface area contributed by atoms with E-state index in [0.717, 1.165) is 18.2 Å². The largest absolute Gasteiger partial charge is 0.872 e. The molecule has 6 heteroatoms. The average molecular weight is 208 g/mol. The summed E-state index contributed by atoms with van der Waals surface area (Å²) in [5.74, 6) is -1.85. The van der Waals surface area contributed by atoms with Crippen molar-refractivity contribution in [3.8, 4) is 5.75 Å². The SMILES string of the molecule is O=C(O)/C=C/c1c([O-])cccc1[N+](=O)[O-]. The fourth-order valence-corrected chi connectivity index (χ4v) is 1.01. The van der Waals surface area contributed by atoms with E-state index in [2.05, 4.69) is 0 Å². The topological polar surface area (TPSA) is 104 Å². The number of hydrogen-bond donors (Lipinski definition) is 1. The third-order valence-electron chi connectivity index (χ3n) is 1.63. The van der Waals surface area contributed by atoms with Gasteiger partial charge < -0.3 is 10.2 Å². The predicted molar refractivity (Wildman–Crippen MR) is 49.2 cm³/mol. The number of aliphatic carboxylic acids is 1. The van der Waals surface area contributed by atoms with Crippen LogP contribution >= 0.6 is 0 Å². The summed E-state index contributed by atoms with van der Waals surface area (Å²) in [7, 11) is 0. The molecule has 6 nitrogen and oxygen atoms in total. The molecule has 1 rings (SSSR count). The van der Waals surface area contributed by atoms with Crippen molar-refractivity contribution in [1.82, 2.24) is 0 Å². The number of carboxylic acids is 1. The number of carboxylic acid groups (broad SMARTS) is 1. The van der Waals surface area contributed by atoms with Crippen LogP contribution in [0.15, 0.2) is 24.3 Å². The third-order valence-corrected chi connectivity index (χ3v) is 1.63. The Labute approximate surface area is 84.2 Å². The van der Waals surface area contributed by atoms with Crippen molar-refractivity contribution in [3.63, 3.8) is 0 Å². The lowest BCUT2D eigenvalue weighted by atomic mass is 10.1. The van der Waals surface area contributed by atoms with E-state index >= 15 is 0 Å². The van der Waals surface area contributed by atoms with Gasteiger partial charge in [0.25, 0.3) is 5.69 Å². The maximum Gasteiger partial charge on any atom is 0.328 e. The zero-order valence-corrected chi connectivity index (χ0v) is 7.41. The first-order valence-corrected chi connectivity index (χ1v) is 3.88. The summed E-state index contributed by atoms with van der Waals surface area (Å²) in [5.41, 5.74) is -0.634. The summed E-state index contributed by atoms with van der Waals surface area (Å²) in [4.78, 5) is 20.0. The molecule has 0 amide bonds. The first-order chi connectivity index (χ1) is 7.02. The fourth-order valence-electron chi connectivity index (χ4n) is 1.01. The second-order valence-electron chi connectivity index (χ2n) is 2.62. The van der Waals surface area contributed by atoms with Crippen LogP contribution in [0.2, 0.25) is 0 Å². The van der Waals surface area contributed by atoms with E-state index in [9.17, 15) is 20.0 Å². The Kier molecular flexibility index (Phi) is 3.02. The second-order valence-corrected chi connectivity index (χ2v) is 2.62. The quantitative estimate of drug-likeness (QED) is 0.448. The van der Waals surface area contributed by atoms with Crippen LogP contribution in [0.3, 0.4) is 0 Å². The van der Waals surface area contributed by atoms with Crippen molar-refractivity contribution in [2.75, 3.05) is 0 Å². The smallest absolute Gasteiger partial charge is 0.328 e. The first kappa shape index (κ1) is 10.7. The van der Waals surface area contributed by atoms with Gasteiger partial charge in [-0.15, -0.1) is 0 Å². The molecule has 0 atom stereocenters. The van der Waals surface area contributed by atoms with Crippen molar-refractivity contribution in [3.05, 3.63) is 40.0 Å². The van der Waals surface area contributed by atoms with Gasteiger partial charge in [-0.3, -0.25) is 10.1 Å². The summed E-state index contributed by atoms with van der Waals surface area (Å²) in [5, 5.41) is 30.0. The Morgan fingerprint density at radius 3 is 2.67 bits per heavy atom. The molecule has 0 bridgehead atoms. The molecule has 0 saturated carbocycles. The van der Waals surface area contributed by atoms with Crippen LogP contribution in [-0.4, -0.2) is 16.0 Å². The average Bonchev–Trinajstić information content (AvgIpc) is 2.15. The standard InChI is InChI=1S/C9H7NO5/c11-8-3-1-2-7(10(14)15)6(8)4-5-9(12)13/h1-5,11H,(H,12,13)/p-1/b5-4+. The Morgan fingerprint density at radius 2 is 2.13 bits per heavy atom. The molecule has 15 heavy (non-hydrogen) atoms. The van der Waals surface area contributed by atoms with E-state index in [1.165, 1.54) is 6.07 Å². The maximum atomic E-state index is 11.2. The Bertz CT molecular complexity index is 438. The molecule has 0 spiro atoms. The molecule has 1 aromatic rings. The summed E-state index contributed by atoms with van der Waals surface area (Å²) >= 11 is 0. The lowest BCUT2D eigenvalue weighted by Gasteiger charge is -2.09. The number of hydrogen-bond acceptors (Lipinski definition) is 4. The molecule has 1 N–H and O–H groups in total. The van der Waals surface area contributed by atoms with Gasteiger partial charge in [-0.1, -0.05) is 17.9 Å². The molecule has 0 saturated heterocycles. The van der Waals surface area contributed by atoms with Gasteiger partial charge >= 0.3 is 5.97 Å². The van der Waals surface area contributed by atoms with Gasteiger partial charge in [0.1, 0.15) is 0 Å². The number of nitro groups is 1. The van der Waals surface area contributed by atoms with E-state index in [4.69, 9.17) is 5.11 Å². The van der Waals surface area contributed by atoms with Gasteiger partial charge in [0, 0.05) is 17.7 Å². The molecule has 0 unspecified atom stereocenters. The molecule has 0 aromatic heterocycles. The molecule has 78 valence electrons. The van der Waals surface area contributed by atoms with Gasteiger partial charge in [0.05, 0.1) is 4.92 Å². The van der Waals surface area contributed by atoms with Gasteiger partial charge in [-0.05, 0) is 6.08 Å². The molecule has 0 fully saturated rings. The number of nitro benzene ring substituents is 1. The van der Waals surface area contributed by atoms with Gasteiger partial charge in [0.15, 0.2) is 0 Å². The number of rotatable bonds is 3. The Morgan fingerprint density at radius 1 is 1.47 bits per heavy atom. The highest BCUT2D eigenvalue weighted by Crippen LogP contribution is 2.26. The number of carbonyl (C=O) groups is 1. The van der Waals surface area contributed by atoms with Crippen molar-refractivity contribution in [1.29, 1.82) is 0 Å². The number of nitrogens with zero attached hydrogens (tertiary/aromatic N) is 1. The van der Waals surface area contributed by atoms with Crippen LogP contribution < -0.4 is 5.11 Å². The van der Waals surface area contributed by atoms with Crippen molar-refractivity contribution in [2.24, 2.45) is 0 Å². The molecule has 0 heterocycles. The molecular formula is C9H6NO5-. The minimum absolute atomic E-state index is 0.232. The molecular weight excluding hydrogens is 202 g/mol. The van der Waals surface area contributed by atoms with Gasteiger partial charge in [0.2, 0.25) is 0 Å². The van der Waals surface area contributed by atoms with E-state index in [-0.39, 0.29) is 5.56 Å². The van der Waals surface area contributed by atoms with E-state index in [1.54, 1.807) is 0 Å². The van der Waals surface area contributed by atoms with Crippen molar-refractivity contribution >= 4 is 17.7 Å². The highest BCUT2D eigenvalue weighted by atomic mass is 16.6. The summed E-state index contributed by atoms with van der Waals surface area (Å²) in [6, 6.07) is 3.52. The zero-order chi connectivity index (χ0) is 11.4. The highest BCUT2D eigenvalue weighted by molar-refractivity contribution is 5.87. The van der Waals surface area contributed by atoms with Crippen LogP contribution in [0.4, 0.5) is 5.69 Å². The molecule has 0 radical (unpaired) electrons. The molecule has 0 aliphatic rings. The van der Waals surface area contributed by atoms with Crippen LogP contribution in [0.1, 0.15) is 5.56 Å². The first-order valence-electron chi connectivity index (χ1n) is 3.88. The van der Waals surface area contributed by atoms with Crippen LogP contribution in [0.25, 0.3) is 6.08 Å². The van der Waals surface area contributed by atoms with Crippen LogP contribution in [-0.2, 0) is 4.79 Å². The molecule has 0 aliphatic heterocycles. The fraction of sp³-hybridized carbons (Fsp3) is 0. The second kappa shape index (κ2) is 4.23. The lowest BCUT2D eigenvalue weighted by molar-refractivity contribution is -0.385. The van der Waals surface area contributed by atoms with Gasteiger partial charge in [-0.25, -0.2) is 4.79 Å². The van der Waals surface area contributed by atoms with E-state index in [1.807, 2.05) is 0 Å². The van der Waals surface area contributed by atoms with E-state index in [0.29, 0.717) is 6.08 Å². The van der Waals surface area contributed by atoms with Crippen molar-refractivity contribution < 1.29 is 19.9 Å². The van der Waals surface area contributed by atoms with Crippen molar-refractivity contribution in [2.45, 2.75) is 0 Å². The molecule has 0 aliphatic carbocycles. The Hall–Kier alpha value is -2.37. The molecule has 1 aromatic carbocycles. The maximum absolute atomic E-state index is 11.2. The normalized spacial score (nSPS) is 10.4.